The van der Waals surface area contributed by atoms with Gasteiger partial charge in [0, 0.05) is 5.56 Å². The van der Waals surface area contributed by atoms with Crippen LogP contribution in [0.1, 0.15) is 24.9 Å². The van der Waals surface area contributed by atoms with Crippen LogP contribution in [0.25, 0.3) is 0 Å². The number of benzene rings is 1. The maximum absolute atomic E-state index is 13.7. The van der Waals surface area contributed by atoms with E-state index >= 15 is 0 Å². The predicted octanol–water partition coefficient (Wildman–Crippen LogP) is 1.95. The Hall–Kier alpha value is -1.53. The van der Waals surface area contributed by atoms with E-state index in [1.165, 1.54) is 0 Å². The van der Waals surface area contributed by atoms with E-state index in [0.29, 0.717) is 19.6 Å². The summed E-state index contributed by atoms with van der Waals surface area (Å²) in [6, 6.07) is 2.61. The van der Waals surface area contributed by atoms with E-state index in [-0.39, 0.29) is 18.1 Å². The van der Waals surface area contributed by atoms with Gasteiger partial charge in [0.15, 0.2) is 6.10 Å². The lowest BCUT2D eigenvalue weighted by atomic mass is 10.0. The minimum absolute atomic E-state index is 0.137. The van der Waals surface area contributed by atoms with Crippen LogP contribution in [-0.2, 0) is 14.3 Å². The van der Waals surface area contributed by atoms with Gasteiger partial charge in [0.2, 0.25) is 0 Å². The van der Waals surface area contributed by atoms with Crippen molar-refractivity contribution in [2.24, 2.45) is 0 Å². The van der Waals surface area contributed by atoms with E-state index in [1.807, 2.05) is 0 Å². The first-order valence-electron chi connectivity index (χ1n) is 6.56. The van der Waals surface area contributed by atoms with Crippen LogP contribution >= 0.6 is 0 Å². The first-order valence-corrected chi connectivity index (χ1v) is 6.56. The van der Waals surface area contributed by atoms with Crippen molar-refractivity contribution in [3.63, 3.8) is 0 Å². The molecule has 1 aromatic rings. The molecule has 1 amide bonds. The van der Waals surface area contributed by atoms with Crippen LogP contribution in [0.15, 0.2) is 18.2 Å². The second-order valence-electron chi connectivity index (χ2n) is 4.57. The minimum Gasteiger partial charge on any atom is -0.376 e. The van der Waals surface area contributed by atoms with Crippen molar-refractivity contribution in [2.75, 3.05) is 19.8 Å². The van der Waals surface area contributed by atoms with Gasteiger partial charge in [-0.2, -0.15) is 0 Å². The number of amides is 1. The molecular weight excluding hydrogens is 268 g/mol. The number of carbonyl (C=O) groups is 1. The Kier molecular flexibility index (Phi) is 5.03. The van der Waals surface area contributed by atoms with Gasteiger partial charge >= 0.3 is 0 Å². The minimum atomic E-state index is -0.700. The highest BCUT2D eigenvalue weighted by Gasteiger charge is 2.26. The predicted molar refractivity (Wildman–Crippen MR) is 68.1 cm³/mol. The van der Waals surface area contributed by atoms with Crippen molar-refractivity contribution >= 4 is 5.91 Å². The second-order valence-corrected chi connectivity index (χ2v) is 4.57. The largest absolute Gasteiger partial charge is 0.376 e. The summed E-state index contributed by atoms with van der Waals surface area (Å²) in [5.74, 6) is -1.45. The van der Waals surface area contributed by atoms with Crippen LogP contribution in [0, 0.1) is 11.6 Å². The van der Waals surface area contributed by atoms with Gasteiger partial charge < -0.3 is 14.8 Å². The van der Waals surface area contributed by atoms with Crippen molar-refractivity contribution in [1.29, 1.82) is 0 Å². The Labute approximate surface area is 116 Å². The smallest absolute Gasteiger partial charge is 0.252 e. The number of hydrogen-bond donors (Lipinski definition) is 1. The molecule has 0 saturated carbocycles. The molecule has 0 spiro atoms. The third kappa shape index (κ3) is 3.52. The van der Waals surface area contributed by atoms with Crippen molar-refractivity contribution in [1.82, 2.24) is 5.32 Å². The van der Waals surface area contributed by atoms with E-state index in [2.05, 4.69) is 5.32 Å². The molecule has 6 heteroatoms. The molecule has 2 unspecified atom stereocenters. The van der Waals surface area contributed by atoms with E-state index in [0.717, 1.165) is 18.2 Å². The molecule has 1 aliphatic heterocycles. The Morgan fingerprint density at radius 1 is 1.45 bits per heavy atom. The topological polar surface area (TPSA) is 47.6 Å². The van der Waals surface area contributed by atoms with Crippen LogP contribution in [0.4, 0.5) is 8.78 Å². The molecule has 1 aromatic carbocycles. The molecule has 0 radical (unpaired) electrons. The molecule has 1 heterocycles. The standard InChI is InChI=1S/C14H17F2NO3/c1-2-12(10-7-9(15)3-4-11(10)16)17-14(18)13-8-19-5-6-20-13/h3-4,7,12-13H,2,5-6,8H2,1H3,(H,17,18). The van der Waals surface area contributed by atoms with Gasteiger partial charge in [0.05, 0.1) is 25.9 Å². The monoisotopic (exact) mass is 285 g/mol. The zero-order valence-corrected chi connectivity index (χ0v) is 11.2. The summed E-state index contributed by atoms with van der Waals surface area (Å²) < 4.78 is 37.4. The molecule has 20 heavy (non-hydrogen) atoms. The van der Waals surface area contributed by atoms with Crippen LogP contribution in [0.2, 0.25) is 0 Å². The van der Waals surface area contributed by atoms with Crippen LogP contribution in [0.3, 0.4) is 0 Å². The molecule has 110 valence electrons. The summed E-state index contributed by atoms with van der Waals surface area (Å²) >= 11 is 0. The molecule has 0 aliphatic carbocycles. The van der Waals surface area contributed by atoms with Gasteiger partial charge in [-0.15, -0.1) is 0 Å². The number of nitrogens with one attached hydrogen (secondary N) is 1. The van der Waals surface area contributed by atoms with Crippen molar-refractivity contribution in [3.05, 3.63) is 35.4 Å². The Morgan fingerprint density at radius 3 is 2.90 bits per heavy atom. The van der Waals surface area contributed by atoms with Crippen LogP contribution in [0.5, 0.6) is 0 Å². The fraction of sp³-hybridized carbons (Fsp3) is 0.500. The maximum Gasteiger partial charge on any atom is 0.252 e. The third-order valence-electron chi connectivity index (χ3n) is 3.17. The third-order valence-corrected chi connectivity index (χ3v) is 3.17. The summed E-state index contributed by atoms with van der Waals surface area (Å²) in [5.41, 5.74) is 0.137. The van der Waals surface area contributed by atoms with E-state index in [9.17, 15) is 13.6 Å². The highest BCUT2D eigenvalue weighted by atomic mass is 19.1. The molecule has 2 rings (SSSR count). The summed E-state index contributed by atoms with van der Waals surface area (Å²) in [6.45, 7) is 2.77. The lowest BCUT2D eigenvalue weighted by Gasteiger charge is -2.25. The molecule has 0 bridgehead atoms. The highest BCUT2D eigenvalue weighted by molar-refractivity contribution is 5.81. The zero-order valence-electron chi connectivity index (χ0n) is 11.2. The lowest BCUT2D eigenvalue weighted by Crippen LogP contribution is -2.44. The lowest BCUT2D eigenvalue weighted by molar-refractivity contribution is -0.148. The van der Waals surface area contributed by atoms with Crippen molar-refractivity contribution in [3.8, 4) is 0 Å². The molecule has 1 fully saturated rings. The Balaban J connectivity index is 2.08. The van der Waals surface area contributed by atoms with Gasteiger partial charge in [-0.05, 0) is 24.6 Å². The number of ether oxygens (including phenoxy) is 2. The fourth-order valence-electron chi connectivity index (χ4n) is 2.09. The van der Waals surface area contributed by atoms with Crippen LogP contribution in [-0.4, -0.2) is 31.8 Å². The second kappa shape index (κ2) is 6.76. The van der Waals surface area contributed by atoms with Gasteiger partial charge in [-0.1, -0.05) is 6.92 Å². The van der Waals surface area contributed by atoms with Gasteiger partial charge in [0.1, 0.15) is 11.6 Å². The average Bonchev–Trinajstić information content (AvgIpc) is 2.48. The molecule has 1 aliphatic rings. The summed E-state index contributed by atoms with van der Waals surface area (Å²) in [6.07, 6.45) is -0.255. The first-order chi connectivity index (χ1) is 9.61. The average molecular weight is 285 g/mol. The van der Waals surface area contributed by atoms with Crippen molar-refractivity contribution < 1.29 is 23.0 Å². The van der Waals surface area contributed by atoms with Gasteiger partial charge in [0.25, 0.3) is 5.91 Å². The quantitative estimate of drug-likeness (QED) is 0.919. The van der Waals surface area contributed by atoms with Crippen LogP contribution < -0.4 is 5.32 Å². The van der Waals surface area contributed by atoms with E-state index in [1.54, 1.807) is 6.92 Å². The summed E-state index contributed by atoms with van der Waals surface area (Å²) in [7, 11) is 0. The first kappa shape index (κ1) is 14.9. The van der Waals surface area contributed by atoms with Crippen molar-refractivity contribution in [2.45, 2.75) is 25.5 Å². The Bertz CT molecular complexity index is 475. The molecule has 1 saturated heterocycles. The van der Waals surface area contributed by atoms with E-state index < -0.39 is 23.8 Å². The number of carbonyl (C=O) groups excluding carboxylic acids is 1. The SMILES string of the molecule is CCC(NC(=O)C1COCCO1)c1cc(F)ccc1F. The van der Waals surface area contributed by atoms with E-state index in [4.69, 9.17) is 9.47 Å². The van der Waals surface area contributed by atoms with Gasteiger partial charge in [-0.3, -0.25) is 4.79 Å². The van der Waals surface area contributed by atoms with Gasteiger partial charge in [-0.25, -0.2) is 8.78 Å². The number of hydrogen-bond acceptors (Lipinski definition) is 3. The maximum atomic E-state index is 13.7. The fourth-order valence-corrected chi connectivity index (χ4v) is 2.09. The summed E-state index contributed by atoms with van der Waals surface area (Å²) in [4.78, 5) is 12.0. The summed E-state index contributed by atoms with van der Waals surface area (Å²) in [5, 5.41) is 2.67. The number of halogens is 2. The number of rotatable bonds is 4. The molecule has 1 N–H and O–H groups in total. The molecule has 0 aromatic heterocycles. The molecule has 2 atom stereocenters. The highest BCUT2D eigenvalue weighted by Crippen LogP contribution is 2.21. The Morgan fingerprint density at radius 2 is 2.25 bits per heavy atom. The normalized spacial score (nSPS) is 20.4. The zero-order chi connectivity index (χ0) is 14.5. The molecule has 4 nitrogen and oxygen atoms in total. The molecular formula is C14H17F2NO3.